The fourth-order valence-electron chi connectivity index (χ4n) is 1.61. The Morgan fingerprint density at radius 3 is 2.75 bits per heavy atom. The van der Waals surface area contributed by atoms with Gasteiger partial charge in [-0.15, -0.1) is 11.3 Å². The Labute approximate surface area is 118 Å². The van der Waals surface area contributed by atoms with Crippen LogP contribution in [0.3, 0.4) is 0 Å². The Morgan fingerprint density at radius 1 is 1.35 bits per heavy atom. The van der Waals surface area contributed by atoms with Crippen LogP contribution in [0.5, 0.6) is 5.75 Å². The highest BCUT2D eigenvalue weighted by molar-refractivity contribution is 7.07. The van der Waals surface area contributed by atoms with E-state index in [1.165, 1.54) is 17.4 Å². The van der Waals surface area contributed by atoms with E-state index < -0.39 is 12.8 Å². The van der Waals surface area contributed by atoms with Crippen molar-refractivity contribution in [3.05, 3.63) is 40.8 Å². The maximum Gasteiger partial charge on any atom is 0.422 e. The molecule has 0 bridgehead atoms. The molecule has 1 aromatic heterocycles. The molecule has 2 aromatic rings. The lowest BCUT2D eigenvalue weighted by Crippen LogP contribution is -2.20. The fraction of sp³-hybridized carbons (Fsp3) is 0.308. The third-order valence-electron chi connectivity index (χ3n) is 2.55. The fourth-order valence-corrected chi connectivity index (χ4v) is 2.26. The zero-order valence-electron chi connectivity index (χ0n) is 10.6. The van der Waals surface area contributed by atoms with Gasteiger partial charge < -0.3 is 10.1 Å². The van der Waals surface area contributed by atoms with Crippen LogP contribution < -0.4 is 10.1 Å². The summed E-state index contributed by atoms with van der Waals surface area (Å²) in [6.45, 7) is 0.576. The van der Waals surface area contributed by atoms with Gasteiger partial charge in [0.05, 0.1) is 22.9 Å². The minimum atomic E-state index is -4.35. The molecule has 0 fully saturated rings. The number of ether oxygens (including phenoxy) is 1. The highest BCUT2D eigenvalue weighted by Crippen LogP contribution is 2.29. The Hall–Kier alpha value is -1.76. The molecule has 1 atom stereocenters. The summed E-state index contributed by atoms with van der Waals surface area (Å²) in [6, 6.07) is 6.43. The minimum absolute atomic E-state index is 0.114. The van der Waals surface area contributed by atoms with Crippen LogP contribution in [0, 0.1) is 0 Å². The molecule has 7 heteroatoms. The van der Waals surface area contributed by atoms with Crippen molar-refractivity contribution in [2.45, 2.75) is 19.1 Å². The van der Waals surface area contributed by atoms with Crippen LogP contribution >= 0.6 is 11.3 Å². The highest BCUT2D eigenvalue weighted by Gasteiger charge is 2.28. The number of nitrogens with one attached hydrogen (secondary N) is 1. The quantitative estimate of drug-likeness (QED) is 0.896. The molecule has 1 heterocycles. The van der Waals surface area contributed by atoms with Gasteiger partial charge in [-0.05, 0) is 19.1 Å². The zero-order chi connectivity index (χ0) is 14.6. The van der Waals surface area contributed by atoms with E-state index in [0.29, 0.717) is 5.69 Å². The number of aromatic nitrogens is 1. The van der Waals surface area contributed by atoms with E-state index in [9.17, 15) is 13.2 Å². The third kappa shape index (κ3) is 4.12. The molecule has 1 unspecified atom stereocenters. The summed E-state index contributed by atoms with van der Waals surface area (Å²) in [4.78, 5) is 4.16. The van der Waals surface area contributed by atoms with Crippen LogP contribution in [0.2, 0.25) is 0 Å². The lowest BCUT2D eigenvalue weighted by molar-refractivity contribution is -0.153. The first-order valence-corrected chi connectivity index (χ1v) is 6.83. The van der Waals surface area contributed by atoms with Crippen molar-refractivity contribution in [3.8, 4) is 5.75 Å². The SMILES string of the molecule is CC(Nc1ccccc1OCC(F)(F)F)c1cscn1. The predicted molar refractivity (Wildman–Crippen MR) is 72.1 cm³/mol. The van der Waals surface area contributed by atoms with Crippen molar-refractivity contribution in [2.24, 2.45) is 0 Å². The Balaban J connectivity index is 2.08. The summed E-state index contributed by atoms with van der Waals surface area (Å²) in [5.74, 6) is 0.173. The van der Waals surface area contributed by atoms with E-state index >= 15 is 0 Å². The molecule has 108 valence electrons. The molecule has 1 N–H and O–H groups in total. The first-order chi connectivity index (χ1) is 9.46. The zero-order valence-corrected chi connectivity index (χ0v) is 11.5. The molecular weight excluding hydrogens is 289 g/mol. The molecule has 0 spiro atoms. The van der Waals surface area contributed by atoms with E-state index in [4.69, 9.17) is 4.74 Å². The van der Waals surface area contributed by atoms with Crippen LogP contribution in [0.1, 0.15) is 18.7 Å². The molecule has 2 rings (SSSR count). The van der Waals surface area contributed by atoms with Gasteiger partial charge in [0, 0.05) is 5.38 Å². The van der Waals surface area contributed by atoms with Gasteiger partial charge in [-0.1, -0.05) is 12.1 Å². The number of anilines is 1. The number of halogens is 3. The van der Waals surface area contributed by atoms with Gasteiger partial charge >= 0.3 is 6.18 Å². The first kappa shape index (κ1) is 14.6. The van der Waals surface area contributed by atoms with E-state index in [-0.39, 0.29) is 11.8 Å². The molecule has 0 saturated heterocycles. The first-order valence-electron chi connectivity index (χ1n) is 5.89. The molecule has 0 saturated carbocycles. The average molecular weight is 302 g/mol. The summed E-state index contributed by atoms with van der Waals surface area (Å²) in [5.41, 5.74) is 3.05. The monoisotopic (exact) mass is 302 g/mol. The second-order valence-electron chi connectivity index (χ2n) is 4.18. The molecule has 0 aliphatic rings. The third-order valence-corrected chi connectivity index (χ3v) is 3.15. The van der Waals surface area contributed by atoms with Crippen molar-refractivity contribution in [1.29, 1.82) is 0 Å². The summed E-state index contributed by atoms with van der Waals surface area (Å²) in [7, 11) is 0. The normalized spacial score (nSPS) is 13.0. The molecule has 0 aliphatic heterocycles. The van der Waals surface area contributed by atoms with E-state index in [1.807, 2.05) is 12.3 Å². The maximum atomic E-state index is 12.2. The Kier molecular flexibility index (Phi) is 4.49. The number of alkyl halides is 3. The van der Waals surface area contributed by atoms with Crippen molar-refractivity contribution in [1.82, 2.24) is 4.98 Å². The van der Waals surface area contributed by atoms with Crippen molar-refractivity contribution in [2.75, 3.05) is 11.9 Å². The number of rotatable bonds is 5. The molecular formula is C13H13F3N2OS. The number of thiazole rings is 1. The van der Waals surface area contributed by atoms with Gasteiger partial charge in [-0.25, -0.2) is 4.98 Å². The number of nitrogens with zero attached hydrogens (tertiary/aromatic N) is 1. The van der Waals surface area contributed by atoms with Gasteiger partial charge in [-0.2, -0.15) is 13.2 Å². The molecule has 0 amide bonds. The largest absolute Gasteiger partial charge is 0.482 e. The number of para-hydroxylation sites is 2. The second-order valence-corrected chi connectivity index (χ2v) is 4.90. The summed E-state index contributed by atoms with van der Waals surface area (Å²) >= 11 is 1.47. The molecule has 20 heavy (non-hydrogen) atoms. The van der Waals surface area contributed by atoms with Crippen molar-refractivity contribution >= 4 is 17.0 Å². The Morgan fingerprint density at radius 2 is 2.10 bits per heavy atom. The highest BCUT2D eigenvalue weighted by atomic mass is 32.1. The lowest BCUT2D eigenvalue weighted by atomic mass is 10.2. The second kappa shape index (κ2) is 6.13. The van der Waals surface area contributed by atoms with E-state index in [2.05, 4.69) is 10.3 Å². The smallest absolute Gasteiger partial charge is 0.422 e. The van der Waals surface area contributed by atoms with Crippen molar-refractivity contribution < 1.29 is 17.9 Å². The summed E-state index contributed by atoms with van der Waals surface area (Å²) < 4.78 is 41.4. The number of benzene rings is 1. The van der Waals surface area contributed by atoms with Gasteiger partial charge in [0.15, 0.2) is 6.61 Å². The van der Waals surface area contributed by atoms with Gasteiger partial charge in [0.25, 0.3) is 0 Å². The van der Waals surface area contributed by atoms with Crippen LogP contribution in [0.15, 0.2) is 35.2 Å². The molecule has 0 radical (unpaired) electrons. The average Bonchev–Trinajstić information content (AvgIpc) is 2.90. The Bertz CT molecular complexity index is 543. The van der Waals surface area contributed by atoms with Gasteiger partial charge in [0.2, 0.25) is 0 Å². The number of hydrogen-bond donors (Lipinski definition) is 1. The topological polar surface area (TPSA) is 34.1 Å². The van der Waals surface area contributed by atoms with Crippen LogP contribution in [-0.4, -0.2) is 17.8 Å². The standard InChI is InChI=1S/C13H13F3N2OS/c1-9(11-6-20-8-17-11)18-10-4-2-3-5-12(10)19-7-13(14,15)16/h2-6,8-9,18H,7H2,1H3. The van der Waals surface area contributed by atoms with E-state index in [1.54, 1.807) is 23.7 Å². The number of hydrogen-bond acceptors (Lipinski definition) is 4. The summed E-state index contributed by atoms with van der Waals surface area (Å²) in [5, 5.41) is 4.99. The van der Waals surface area contributed by atoms with Gasteiger partial charge in [-0.3, -0.25) is 0 Å². The van der Waals surface area contributed by atoms with Crippen LogP contribution in [0.25, 0.3) is 0 Å². The molecule has 1 aromatic carbocycles. The summed E-state index contributed by atoms with van der Waals surface area (Å²) in [6.07, 6.45) is -4.35. The van der Waals surface area contributed by atoms with Crippen LogP contribution in [0.4, 0.5) is 18.9 Å². The maximum absolute atomic E-state index is 12.2. The van der Waals surface area contributed by atoms with E-state index in [0.717, 1.165) is 5.69 Å². The molecule has 3 nitrogen and oxygen atoms in total. The lowest BCUT2D eigenvalue weighted by Gasteiger charge is -2.17. The molecule has 0 aliphatic carbocycles. The van der Waals surface area contributed by atoms with Crippen molar-refractivity contribution in [3.63, 3.8) is 0 Å². The predicted octanol–water partition coefficient (Wildman–Crippen LogP) is 4.26. The minimum Gasteiger partial charge on any atom is -0.482 e. The van der Waals surface area contributed by atoms with Crippen LogP contribution in [-0.2, 0) is 0 Å². The van der Waals surface area contributed by atoms with Gasteiger partial charge in [0.1, 0.15) is 5.75 Å².